The van der Waals surface area contributed by atoms with E-state index in [-0.39, 0.29) is 11.9 Å². The van der Waals surface area contributed by atoms with Gasteiger partial charge in [-0.25, -0.2) is 4.68 Å². The number of hydrogen-bond acceptors (Lipinski definition) is 7. The second-order valence-corrected chi connectivity index (χ2v) is 7.88. The van der Waals surface area contributed by atoms with Crippen LogP contribution in [-0.2, 0) is 0 Å². The van der Waals surface area contributed by atoms with Gasteiger partial charge in [0.2, 0.25) is 0 Å². The Morgan fingerprint density at radius 3 is 2.60 bits per heavy atom. The van der Waals surface area contributed by atoms with Gasteiger partial charge in [0.1, 0.15) is 6.04 Å². The molecule has 156 valence electrons. The van der Waals surface area contributed by atoms with Crippen molar-refractivity contribution in [2.24, 2.45) is 0 Å². The third-order valence-corrected chi connectivity index (χ3v) is 6.10. The Morgan fingerprint density at radius 2 is 1.90 bits per heavy atom. The van der Waals surface area contributed by atoms with Crippen LogP contribution in [0.15, 0.2) is 47.2 Å². The molecule has 1 amide bonds. The van der Waals surface area contributed by atoms with Crippen molar-refractivity contribution in [2.75, 3.05) is 26.2 Å². The van der Waals surface area contributed by atoms with E-state index in [2.05, 4.69) is 25.4 Å². The summed E-state index contributed by atoms with van der Waals surface area (Å²) in [5, 5.41) is 12.8. The maximum atomic E-state index is 12.6. The van der Waals surface area contributed by atoms with Gasteiger partial charge in [-0.3, -0.25) is 14.7 Å². The van der Waals surface area contributed by atoms with Gasteiger partial charge < -0.3 is 9.32 Å². The van der Waals surface area contributed by atoms with Crippen LogP contribution < -0.4 is 0 Å². The molecule has 0 aromatic carbocycles. The van der Waals surface area contributed by atoms with Crippen LogP contribution >= 0.6 is 0 Å². The zero-order valence-corrected chi connectivity index (χ0v) is 16.8. The molecule has 5 rings (SSSR count). The second kappa shape index (κ2) is 8.35. The van der Waals surface area contributed by atoms with Crippen molar-refractivity contribution < 1.29 is 9.21 Å². The largest absolute Gasteiger partial charge is 0.459 e. The van der Waals surface area contributed by atoms with Crippen LogP contribution in [0.4, 0.5) is 0 Å². The SMILES string of the molecule is O=C(c1ccco1)N1CCN([C@H](c2ccccn2)c2nnnn2C2CCCC2)CC1. The topological polar surface area (TPSA) is 93.2 Å². The predicted molar refractivity (Wildman–Crippen MR) is 108 cm³/mol. The van der Waals surface area contributed by atoms with Gasteiger partial charge in [-0.05, 0) is 47.5 Å². The van der Waals surface area contributed by atoms with Gasteiger partial charge in [0.25, 0.3) is 5.91 Å². The zero-order chi connectivity index (χ0) is 20.3. The number of aromatic nitrogens is 5. The molecule has 0 radical (unpaired) electrons. The molecule has 1 atom stereocenters. The molecule has 1 aliphatic heterocycles. The third kappa shape index (κ3) is 3.60. The van der Waals surface area contributed by atoms with Gasteiger partial charge in [-0.15, -0.1) is 5.10 Å². The molecule has 1 saturated heterocycles. The summed E-state index contributed by atoms with van der Waals surface area (Å²) in [4.78, 5) is 21.4. The first-order valence-electron chi connectivity index (χ1n) is 10.6. The molecule has 30 heavy (non-hydrogen) atoms. The predicted octanol–water partition coefficient (Wildman–Crippen LogP) is 2.32. The molecule has 3 aromatic rings. The van der Waals surface area contributed by atoms with Crippen LogP contribution in [0.2, 0.25) is 0 Å². The number of amides is 1. The summed E-state index contributed by atoms with van der Waals surface area (Å²) in [5.41, 5.74) is 0.928. The molecular formula is C21H25N7O2. The third-order valence-electron chi connectivity index (χ3n) is 6.10. The molecule has 0 unspecified atom stereocenters. The molecule has 0 bridgehead atoms. The second-order valence-electron chi connectivity index (χ2n) is 7.88. The van der Waals surface area contributed by atoms with Crippen molar-refractivity contribution in [1.29, 1.82) is 0 Å². The summed E-state index contributed by atoms with van der Waals surface area (Å²) in [6.45, 7) is 2.66. The van der Waals surface area contributed by atoms with Gasteiger partial charge in [0.15, 0.2) is 11.6 Å². The van der Waals surface area contributed by atoms with E-state index >= 15 is 0 Å². The van der Waals surface area contributed by atoms with Crippen LogP contribution in [0, 0.1) is 0 Å². The van der Waals surface area contributed by atoms with Crippen molar-refractivity contribution in [1.82, 2.24) is 35.0 Å². The van der Waals surface area contributed by atoms with Crippen molar-refractivity contribution in [3.63, 3.8) is 0 Å². The Balaban J connectivity index is 1.39. The van der Waals surface area contributed by atoms with Gasteiger partial charge in [-0.2, -0.15) is 0 Å². The number of hydrogen-bond donors (Lipinski definition) is 0. The molecule has 0 N–H and O–H groups in total. The van der Waals surface area contributed by atoms with Crippen molar-refractivity contribution in [3.05, 3.63) is 60.1 Å². The van der Waals surface area contributed by atoms with Crippen LogP contribution in [0.5, 0.6) is 0 Å². The smallest absolute Gasteiger partial charge is 0.289 e. The first-order valence-corrected chi connectivity index (χ1v) is 10.6. The van der Waals surface area contributed by atoms with E-state index in [1.807, 2.05) is 34.0 Å². The number of tetrazole rings is 1. The van der Waals surface area contributed by atoms with Crippen molar-refractivity contribution >= 4 is 5.91 Å². The Morgan fingerprint density at radius 1 is 1.07 bits per heavy atom. The van der Waals surface area contributed by atoms with Crippen molar-refractivity contribution in [3.8, 4) is 0 Å². The quantitative estimate of drug-likeness (QED) is 0.641. The fourth-order valence-electron chi connectivity index (χ4n) is 4.55. The zero-order valence-electron chi connectivity index (χ0n) is 16.8. The maximum Gasteiger partial charge on any atom is 0.289 e. The molecule has 9 heteroatoms. The molecule has 2 aliphatic rings. The lowest BCUT2D eigenvalue weighted by Gasteiger charge is -2.38. The molecule has 2 fully saturated rings. The van der Waals surface area contributed by atoms with Gasteiger partial charge in [-0.1, -0.05) is 18.9 Å². The maximum absolute atomic E-state index is 12.6. The monoisotopic (exact) mass is 407 g/mol. The van der Waals surface area contributed by atoms with Crippen LogP contribution in [0.1, 0.15) is 59.8 Å². The Kier molecular flexibility index (Phi) is 5.27. The lowest BCUT2D eigenvalue weighted by Crippen LogP contribution is -2.50. The van der Waals surface area contributed by atoms with E-state index in [0.717, 1.165) is 24.4 Å². The Bertz CT molecular complexity index is 958. The van der Waals surface area contributed by atoms with E-state index in [1.165, 1.54) is 19.1 Å². The van der Waals surface area contributed by atoms with Gasteiger partial charge >= 0.3 is 0 Å². The summed E-state index contributed by atoms with van der Waals surface area (Å²) in [6, 6.07) is 9.60. The van der Waals surface area contributed by atoms with Crippen LogP contribution in [-0.4, -0.2) is 67.1 Å². The first-order chi connectivity index (χ1) is 14.8. The standard InChI is InChI=1S/C21H25N7O2/c29-21(18-9-5-15-30-18)27-13-11-26(12-14-27)19(17-8-3-4-10-22-17)20-23-24-25-28(20)16-6-1-2-7-16/h3-5,8-10,15-16,19H,1-2,6-7,11-14H2/t19-/m1/s1. The molecule has 4 heterocycles. The fraction of sp³-hybridized carbons (Fsp3) is 0.476. The molecule has 3 aromatic heterocycles. The first kappa shape index (κ1) is 18.9. The number of carbonyl (C=O) groups is 1. The Hall–Kier alpha value is -3.07. The van der Waals surface area contributed by atoms with E-state index in [9.17, 15) is 4.79 Å². The summed E-state index contributed by atoms with van der Waals surface area (Å²) in [7, 11) is 0. The minimum atomic E-state index is -0.136. The van der Waals surface area contributed by atoms with E-state index < -0.39 is 0 Å². The highest BCUT2D eigenvalue weighted by Crippen LogP contribution is 2.33. The lowest BCUT2D eigenvalue weighted by molar-refractivity contribution is 0.0555. The number of rotatable bonds is 5. The summed E-state index contributed by atoms with van der Waals surface area (Å²) in [6.07, 6.45) is 7.99. The lowest BCUT2D eigenvalue weighted by atomic mass is 10.1. The number of nitrogens with zero attached hydrogens (tertiary/aromatic N) is 7. The molecule has 0 spiro atoms. The molecule has 1 aliphatic carbocycles. The number of piperazine rings is 1. The highest BCUT2D eigenvalue weighted by molar-refractivity contribution is 5.91. The molecular weight excluding hydrogens is 382 g/mol. The van der Waals surface area contributed by atoms with Crippen LogP contribution in [0.25, 0.3) is 0 Å². The van der Waals surface area contributed by atoms with E-state index in [4.69, 9.17) is 4.42 Å². The fourth-order valence-corrected chi connectivity index (χ4v) is 4.55. The Labute approximate surface area is 174 Å². The highest BCUT2D eigenvalue weighted by Gasteiger charge is 2.34. The number of pyridine rings is 1. The van der Waals surface area contributed by atoms with Gasteiger partial charge in [0.05, 0.1) is 18.0 Å². The molecule has 1 saturated carbocycles. The van der Waals surface area contributed by atoms with Crippen molar-refractivity contribution in [2.45, 2.75) is 37.8 Å². The molecule has 9 nitrogen and oxygen atoms in total. The minimum absolute atomic E-state index is 0.0650. The van der Waals surface area contributed by atoms with E-state index in [1.54, 1.807) is 12.1 Å². The van der Waals surface area contributed by atoms with E-state index in [0.29, 0.717) is 38.0 Å². The number of carbonyl (C=O) groups excluding carboxylic acids is 1. The number of furan rings is 1. The summed E-state index contributed by atoms with van der Waals surface area (Å²) < 4.78 is 7.29. The van der Waals surface area contributed by atoms with Gasteiger partial charge in [0, 0.05) is 32.4 Å². The summed E-state index contributed by atoms with van der Waals surface area (Å²) >= 11 is 0. The minimum Gasteiger partial charge on any atom is -0.459 e. The average Bonchev–Trinajstić information content (AvgIpc) is 3.57. The van der Waals surface area contributed by atoms with Crippen LogP contribution in [0.3, 0.4) is 0 Å². The average molecular weight is 407 g/mol. The summed E-state index contributed by atoms with van der Waals surface area (Å²) in [5.74, 6) is 1.16. The highest BCUT2D eigenvalue weighted by atomic mass is 16.3. The normalized spacial score (nSPS) is 19.3.